The van der Waals surface area contributed by atoms with Crippen molar-refractivity contribution in [2.24, 2.45) is 0 Å². The van der Waals surface area contributed by atoms with Crippen LogP contribution in [0.15, 0.2) is 5.51 Å². The second-order valence-electron chi connectivity index (χ2n) is 4.14. The van der Waals surface area contributed by atoms with E-state index in [9.17, 15) is 4.79 Å². The van der Waals surface area contributed by atoms with Crippen molar-refractivity contribution < 1.29 is 9.90 Å². The van der Waals surface area contributed by atoms with Gasteiger partial charge in [0.05, 0.1) is 11.2 Å². The number of hydrogen-bond donors (Lipinski definition) is 1. The molecule has 4 nitrogen and oxygen atoms in total. The van der Waals surface area contributed by atoms with Crippen molar-refractivity contribution >= 4 is 17.3 Å². The lowest BCUT2D eigenvalue weighted by Gasteiger charge is -2.20. The molecule has 16 heavy (non-hydrogen) atoms. The van der Waals surface area contributed by atoms with Crippen LogP contribution in [0.25, 0.3) is 0 Å². The number of rotatable bonds is 4. The lowest BCUT2D eigenvalue weighted by atomic mass is 10.2. The molecule has 1 saturated heterocycles. The zero-order valence-electron chi connectivity index (χ0n) is 9.35. The van der Waals surface area contributed by atoms with E-state index in [0.29, 0.717) is 0 Å². The van der Waals surface area contributed by atoms with Gasteiger partial charge in [0.15, 0.2) is 0 Å². The molecular formula is C11H16N2O2S. The van der Waals surface area contributed by atoms with Crippen molar-refractivity contribution in [2.75, 3.05) is 13.1 Å². The van der Waals surface area contributed by atoms with Crippen LogP contribution in [0.3, 0.4) is 0 Å². The summed E-state index contributed by atoms with van der Waals surface area (Å²) >= 11 is 1.66. The number of carboxylic acids is 1. The van der Waals surface area contributed by atoms with Gasteiger partial charge in [0.1, 0.15) is 6.04 Å². The first-order chi connectivity index (χ1) is 7.68. The molecule has 1 aromatic heterocycles. The molecule has 1 fully saturated rings. The maximum Gasteiger partial charge on any atom is 0.320 e. The summed E-state index contributed by atoms with van der Waals surface area (Å²) in [5.41, 5.74) is 2.93. The van der Waals surface area contributed by atoms with E-state index in [-0.39, 0.29) is 6.04 Å². The molecule has 88 valence electrons. The van der Waals surface area contributed by atoms with E-state index < -0.39 is 5.97 Å². The van der Waals surface area contributed by atoms with Crippen LogP contribution >= 0.6 is 11.3 Å². The summed E-state index contributed by atoms with van der Waals surface area (Å²) in [6, 6.07) is -0.270. The molecule has 1 aliphatic rings. The first kappa shape index (κ1) is 11.5. The van der Waals surface area contributed by atoms with Gasteiger partial charge in [-0.3, -0.25) is 9.69 Å². The van der Waals surface area contributed by atoms with Crippen molar-refractivity contribution in [3.05, 3.63) is 16.1 Å². The summed E-state index contributed by atoms with van der Waals surface area (Å²) in [4.78, 5) is 18.5. The fourth-order valence-electron chi connectivity index (χ4n) is 2.18. The number of carbonyl (C=O) groups is 1. The molecule has 0 saturated carbocycles. The smallest absolute Gasteiger partial charge is 0.320 e. The number of aliphatic carboxylic acids is 1. The number of thiazole rings is 1. The Hall–Kier alpha value is -0.940. The van der Waals surface area contributed by atoms with E-state index >= 15 is 0 Å². The minimum Gasteiger partial charge on any atom is -0.480 e. The van der Waals surface area contributed by atoms with Gasteiger partial charge >= 0.3 is 5.97 Å². The zero-order chi connectivity index (χ0) is 11.5. The second kappa shape index (κ2) is 4.93. The van der Waals surface area contributed by atoms with Crippen LogP contribution in [0.1, 0.15) is 23.4 Å². The molecular weight excluding hydrogens is 224 g/mol. The minimum absolute atomic E-state index is 0.270. The van der Waals surface area contributed by atoms with E-state index in [1.807, 2.05) is 12.4 Å². The summed E-state index contributed by atoms with van der Waals surface area (Å²) in [6.07, 6.45) is 2.70. The number of carboxylic acid groups (broad SMARTS) is 1. The Bertz CT molecular complexity index is 378. The largest absolute Gasteiger partial charge is 0.480 e. The predicted molar refractivity (Wildman–Crippen MR) is 62.8 cm³/mol. The van der Waals surface area contributed by atoms with Gasteiger partial charge in [0.2, 0.25) is 0 Å². The Balaban J connectivity index is 1.90. The molecule has 2 heterocycles. The average Bonchev–Trinajstić information content (AvgIpc) is 2.83. The van der Waals surface area contributed by atoms with Gasteiger partial charge in [-0.1, -0.05) is 0 Å². The van der Waals surface area contributed by atoms with Gasteiger partial charge in [0, 0.05) is 11.4 Å². The third-order valence-electron chi connectivity index (χ3n) is 3.12. The Morgan fingerprint density at radius 2 is 2.56 bits per heavy atom. The Morgan fingerprint density at radius 3 is 3.19 bits per heavy atom. The highest BCUT2D eigenvalue weighted by atomic mass is 32.1. The van der Waals surface area contributed by atoms with Crippen molar-refractivity contribution in [1.82, 2.24) is 9.88 Å². The second-order valence-corrected chi connectivity index (χ2v) is 5.08. The third kappa shape index (κ3) is 2.41. The van der Waals surface area contributed by atoms with Crippen LogP contribution in [0.2, 0.25) is 0 Å². The van der Waals surface area contributed by atoms with E-state index in [0.717, 1.165) is 38.0 Å². The first-order valence-corrected chi connectivity index (χ1v) is 6.42. The fourth-order valence-corrected chi connectivity index (χ4v) is 2.96. The van der Waals surface area contributed by atoms with Crippen LogP contribution in [0.4, 0.5) is 0 Å². The standard InChI is InChI=1S/C11H16N2O2S/c1-8-10(16-7-12-8)4-6-13-5-2-3-9(13)11(14)15/h7,9H,2-6H2,1H3,(H,14,15)/t9-/m1/s1. The first-order valence-electron chi connectivity index (χ1n) is 5.54. The van der Waals surface area contributed by atoms with Crippen LogP contribution in [-0.2, 0) is 11.2 Å². The topological polar surface area (TPSA) is 53.4 Å². The van der Waals surface area contributed by atoms with Crippen LogP contribution in [-0.4, -0.2) is 40.1 Å². The van der Waals surface area contributed by atoms with Crippen LogP contribution in [0.5, 0.6) is 0 Å². The minimum atomic E-state index is -0.682. The quantitative estimate of drug-likeness (QED) is 0.867. The molecule has 1 N–H and O–H groups in total. The Morgan fingerprint density at radius 1 is 1.75 bits per heavy atom. The zero-order valence-corrected chi connectivity index (χ0v) is 10.2. The monoisotopic (exact) mass is 240 g/mol. The Kier molecular flexibility index (Phi) is 3.56. The average molecular weight is 240 g/mol. The molecule has 0 aromatic carbocycles. The van der Waals surface area contributed by atoms with Crippen molar-refractivity contribution in [2.45, 2.75) is 32.2 Å². The predicted octanol–water partition coefficient (Wildman–Crippen LogP) is 1.54. The van der Waals surface area contributed by atoms with Crippen LogP contribution in [0, 0.1) is 6.92 Å². The molecule has 5 heteroatoms. The van der Waals surface area contributed by atoms with Gasteiger partial charge in [-0.2, -0.15) is 0 Å². The maximum absolute atomic E-state index is 11.0. The lowest BCUT2D eigenvalue weighted by molar-refractivity contribution is -0.142. The number of aryl methyl sites for hydroxylation is 1. The Labute approximate surface area is 98.9 Å². The number of aromatic nitrogens is 1. The van der Waals surface area contributed by atoms with E-state index in [1.54, 1.807) is 11.3 Å². The van der Waals surface area contributed by atoms with Gasteiger partial charge < -0.3 is 5.11 Å². The molecule has 0 bridgehead atoms. The van der Waals surface area contributed by atoms with E-state index in [1.165, 1.54) is 4.88 Å². The van der Waals surface area contributed by atoms with Crippen molar-refractivity contribution in [3.63, 3.8) is 0 Å². The normalized spacial score (nSPS) is 21.4. The molecule has 0 unspecified atom stereocenters. The molecule has 1 aromatic rings. The summed E-state index contributed by atoms with van der Waals surface area (Å²) in [5.74, 6) is -0.682. The summed E-state index contributed by atoms with van der Waals surface area (Å²) < 4.78 is 0. The number of likely N-dealkylation sites (tertiary alicyclic amines) is 1. The molecule has 0 radical (unpaired) electrons. The molecule has 2 rings (SSSR count). The summed E-state index contributed by atoms with van der Waals surface area (Å²) in [5, 5.41) is 9.04. The van der Waals surface area contributed by atoms with Gasteiger partial charge in [0.25, 0.3) is 0 Å². The SMILES string of the molecule is Cc1ncsc1CCN1CCC[C@@H]1C(=O)O. The van der Waals surface area contributed by atoms with E-state index in [4.69, 9.17) is 5.11 Å². The number of nitrogens with zero attached hydrogens (tertiary/aromatic N) is 2. The van der Waals surface area contributed by atoms with Gasteiger partial charge in [-0.05, 0) is 32.7 Å². The highest BCUT2D eigenvalue weighted by molar-refractivity contribution is 7.09. The maximum atomic E-state index is 11.0. The van der Waals surface area contributed by atoms with Crippen LogP contribution < -0.4 is 0 Å². The van der Waals surface area contributed by atoms with E-state index in [2.05, 4.69) is 9.88 Å². The molecule has 1 atom stereocenters. The molecule has 0 spiro atoms. The highest BCUT2D eigenvalue weighted by Crippen LogP contribution is 2.19. The third-order valence-corrected chi connectivity index (χ3v) is 4.11. The van der Waals surface area contributed by atoms with Gasteiger partial charge in [-0.15, -0.1) is 11.3 Å². The lowest BCUT2D eigenvalue weighted by Crippen LogP contribution is -2.37. The molecule has 0 amide bonds. The van der Waals surface area contributed by atoms with Gasteiger partial charge in [-0.25, -0.2) is 4.98 Å². The number of hydrogen-bond acceptors (Lipinski definition) is 4. The summed E-state index contributed by atoms with van der Waals surface area (Å²) in [6.45, 7) is 3.75. The highest BCUT2D eigenvalue weighted by Gasteiger charge is 2.29. The molecule has 1 aliphatic heterocycles. The van der Waals surface area contributed by atoms with Crippen molar-refractivity contribution in [3.8, 4) is 0 Å². The molecule has 0 aliphatic carbocycles. The van der Waals surface area contributed by atoms with Crippen molar-refractivity contribution in [1.29, 1.82) is 0 Å². The summed E-state index contributed by atoms with van der Waals surface area (Å²) in [7, 11) is 0. The fraction of sp³-hybridized carbons (Fsp3) is 0.636.